The summed E-state index contributed by atoms with van der Waals surface area (Å²) in [5.74, 6) is -0.804. The molecule has 0 aliphatic rings. The van der Waals surface area contributed by atoms with Crippen LogP contribution in [0.25, 0.3) is 5.70 Å². The van der Waals surface area contributed by atoms with Crippen LogP contribution in [0.2, 0.25) is 0 Å². The molecule has 0 unspecified atom stereocenters. The average molecular weight is 442 g/mol. The van der Waals surface area contributed by atoms with Crippen LogP contribution in [0, 0.1) is 11.3 Å². The number of esters is 1. The van der Waals surface area contributed by atoms with Crippen LogP contribution in [0.5, 0.6) is 0 Å². The molecule has 8 heteroatoms. The second-order valence-corrected chi connectivity index (χ2v) is 8.21. The van der Waals surface area contributed by atoms with Crippen molar-refractivity contribution in [3.05, 3.63) is 77.4 Å². The van der Waals surface area contributed by atoms with Crippen LogP contribution in [0.3, 0.4) is 0 Å². The molecule has 0 saturated carbocycles. The van der Waals surface area contributed by atoms with Gasteiger partial charge in [0.05, 0.1) is 32.1 Å². The van der Waals surface area contributed by atoms with E-state index in [4.69, 9.17) is 13.8 Å². The summed E-state index contributed by atoms with van der Waals surface area (Å²) in [4.78, 5) is 12.7. The Kier molecular flexibility index (Phi) is 9.48. The molecular formula is C23H27N2O5P. The van der Waals surface area contributed by atoms with Gasteiger partial charge in [-0.25, -0.2) is 9.36 Å². The fourth-order valence-corrected chi connectivity index (χ4v) is 4.77. The van der Waals surface area contributed by atoms with Crippen LogP contribution in [0.15, 0.2) is 66.2 Å². The first-order valence-corrected chi connectivity index (χ1v) is 11.6. The first-order chi connectivity index (χ1) is 15.0. The number of hydrogen-bond acceptors (Lipinski definition) is 6. The maximum Gasteiger partial charge on any atom is 0.435 e. The van der Waals surface area contributed by atoms with Gasteiger partial charge in [-0.05, 0) is 31.9 Å². The van der Waals surface area contributed by atoms with Crippen molar-refractivity contribution < 1.29 is 23.1 Å². The molecule has 0 bridgehead atoms. The average Bonchev–Trinajstić information content (AvgIpc) is 2.78. The molecule has 0 amide bonds. The van der Waals surface area contributed by atoms with Crippen LogP contribution < -0.4 is 0 Å². The van der Waals surface area contributed by atoms with Crippen molar-refractivity contribution in [1.82, 2.24) is 4.67 Å². The standard InChI is InChI=1S/C23H27N2O5P/c1-4-28-23(26)21(17-24)22(20-15-11-8-12-16-20)25(18-19-13-9-7-10-14-19)31(27,29-5-2)30-6-3/h7-16H,4-6,18H2,1-3H3. The lowest BCUT2D eigenvalue weighted by atomic mass is 10.1. The van der Waals surface area contributed by atoms with Gasteiger partial charge in [0, 0.05) is 0 Å². The van der Waals surface area contributed by atoms with E-state index < -0.39 is 13.7 Å². The van der Waals surface area contributed by atoms with Crippen molar-refractivity contribution in [2.24, 2.45) is 0 Å². The minimum Gasteiger partial charge on any atom is -0.462 e. The lowest BCUT2D eigenvalue weighted by molar-refractivity contribution is -0.137. The molecule has 0 heterocycles. The third-order valence-electron chi connectivity index (χ3n) is 4.19. The first kappa shape index (κ1) is 24.4. The van der Waals surface area contributed by atoms with Gasteiger partial charge in [0.25, 0.3) is 0 Å². The molecular weight excluding hydrogens is 415 g/mol. The number of nitrogens with zero attached hydrogens (tertiary/aromatic N) is 2. The highest BCUT2D eigenvalue weighted by Crippen LogP contribution is 2.57. The van der Waals surface area contributed by atoms with E-state index in [1.54, 1.807) is 45.0 Å². The van der Waals surface area contributed by atoms with Crippen molar-refractivity contribution >= 4 is 19.4 Å². The zero-order chi connectivity index (χ0) is 22.7. The van der Waals surface area contributed by atoms with Crippen LogP contribution >= 0.6 is 7.75 Å². The van der Waals surface area contributed by atoms with Crippen LogP contribution in [-0.2, 0) is 29.7 Å². The Hall–Kier alpha value is -2.91. The van der Waals surface area contributed by atoms with Crippen molar-refractivity contribution in [2.45, 2.75) is 27.3 Å². The molecule has 0 spiro atoms. The number of rotatable bonds is 11. The molecule has 0 aromatic heterocycles. The molecule has 0 aliphatic heterocycles. The molecule has 7 nitrogen and oxygen atoms in total. The molecule has 0 atom stereocenters. The molecule has 0 aliphatic carbocycles. The molecule has 31 heavy (non-hydrogen) atoms. The van der Waals surface area contributed by atoms with Crippen LogP contribution in [0.1, 0.15) is 31.9 Å². The van der Waals surface area contributed by atoms with Gasteiger partial charge in [0.1, 0.15) is 6.07 Å². The molecule has 0 saturated heterocycles. The van der Waals surface area contributed by atoms with Crippen molar-refractivity contribution in [1.29, 1.82) is 5.26 Å². The van der Waals surface area contributed by atoms with E-state index in [1.165, 1.54) is 4.67 Å². The Morgan fingerprint density at radius 1 is 0.935 bits per heavy atom. The summed E-state index contributed by atoms with van der Waals surface area (Å²) in [6, 6.07) is 20.0. The Balaban J connectivity index is 2.80. The summed E-state index contributed by atoms with van der Waals surface area (Å²) in [7, 11) is -3.93. The van der Waals surface area contributed by atoms with E-state index in [2.05, 4.69) is 0 Å². The number of ether oxygens (including phenoxy) is 1. The van der Waals surface area contributed by atoms with Crippen LogP contribution in [0.4, 0.5) is 0 Å². The number of carbonyl (C=O) groups is 1. The van der Waals surface area contributed by atoms with E-state index in [9.17, 15) is 14.6 Å². The predicted molar refractivity (Wildman–Crippen MR) is 118 cm³/mol. The largest absolute Gasteiger partial charge is 0.462 e. The second-order valence-electron chi connectivity index (χ2n) is 6.27. The number of nitriles is 1. The fraction of sp³-hybridized carbons (Fsp3) is 0.304. The lowest BCUT2D eigenvalue weighted by Gasteiger charge is -2.33. The third-order valence-corrected chi connectivity index (χ3v) is 6.29. The van der Waals surface area contributed by atoms with E-state index >= 15 is 0 Å². The predicted octanol–water partition coefficient (Wildman–Crippen LogP) is 5.17. The molecule has 2 rings (SSSR count). The van der Waals surface area contributed by atoms with Crippen molar-refractivity contribution in [2.75, 3.05) is 19.8 Å². The first-order valence-electron chi connectivity index (χ1n) is 10.1. The minimum atomic E-state index is -3.93. The summed E-state index contributed by atoms with van der Waals surface area (Å²) >= 11 is 0. The number of carbonyl (C=O) groups excluding carboxylic acids is 1. The maximum atomic E-state index is 13.9. The van der Waals surface area contributed by atoms with Gasteiger partial charge in [-0.2, -0.15) is 5.26 Å². The third kappa shape index (κ3) is 6.28. The Bertz CT molecular complexity index is 960. The zero-order valence-electron chi connectivity index (χ0n) is 18.0. The minimum absolute atomic E-state index is 0.0902. The quantitative estimate of drug-likeness (QED) is 0.205. The highest BCUT2D eigenvalue weighted by atomic mass is 31.2. The van der Waals surface area contributed by atoms with E-state index in [1.807, 2.05) is 42.5 Å². The van der Waals surface area contributed by atoms with Gasteiger partial charge in [-0.3, -0.25) is 13.7 Å². The lowest BCUT2D eigenvalue weighted by Crippen LogP contribution is -2.25. The van der Waals surface area contributed by atoms with Gasteiger partial charge in [-0.1, -0.05) is 60.7 Å². The number of hydrogen-bond donors (Lipinski definition) is 0. The molecule has 2 aromatic rings. The second kappa shape index (κ2) is 12.1. The zero-order valence-corrected chi connectivity index (χ0v) is 18.9. The fourth-order valence-electron chi connectivity index (χ4n) is 2.96. The summed E-state index contributed by atoms with van der Waals surface area (Å²) in [6.45, 7) is 5.48. The van der Waals surface area contributed by atoms with E-state index in [-0.39, 0.29) is 37.6 Å². The monoisotopic (exact) mass is 442 g/mol. The van der Waals surface area contributed by atoms with Gasteiger partial charge in [-0.15, -0.1) is 0 Å². The van der Waals surface area contributed by atoms with Crippen molar-refractivity contribution in [3.63, 3.8) is 0 Å². The van der Waals surface area contributed by atoms with Crippen LogP contribution in [-0.4, -0.2) is 30.5 Å². The summed E-state index contributed by atoms with van der Waals surface area (Å²) in [5, 5.41) is 9.89. The summed E-state index contributed by atoms with van der Waals surface area (Å²) in [5.41, 5.74) is 1.18. The Morgan fingerprint density at radius 3 is 1.97 bits per heavy atom. The molecule has 2 aromatic carbocycles. The van der Waals surface area contributed by atoms with Gasteiger partial charge in [0.15, 0.2) is 5.57 Å². The SMILES string of the molecule is CCOC(=O)C(C#N)=C(c1ccccc1)N(Cc1ccccc1)P(=O)(OCC)OCC. The topological polar surface area (TPSA) is 88.9 Å². The normalized spacial score (nSPS) is 11.9. The molecule has 0 radical (unpaired) electrons. The maximum absolute atomic E-state index is 13.9. The highest BCUT2D eigenvalue weighted by molar-refractivity contribution is 7.51. The number of benzene rings is 2. The molecule has 0 N–H and O–H groups in total. The highest BCUT2D eigenvalue weighted by Gasteiger charge is 2.38. The smallest absolute Gasteiger partial charge is 0.435 e. The van der Waals surface area contributed by atoms with Crippen molar-refractivity contribution in [3.8, 4) is 6.07 Å². The van der Waals surface area contributed by atoms with E-state index in [0.29, 0.717) is 5.56 Å². The molecule has 164 valence electrons. The Labute approximate surface area is 183 Å². The molecule has 0 fully saturated rings. The van der Waals surface area contributed by atoms with Gasteiger partial charge in [0.2, 0.25) is 0 Å². The van der Waals surface area contributed by atoms with Gasteiger partial charge >= 0.3 is 13.7 Å². The Morgan fingerprint density at radius 2 is 1.48 bits per heavy atom. The van der Waals surface area contributed by atoms with E-state index in [0.717, 1.165) is 5.56 Å². The van der Waals surface area contributed by atoms with Gasteiger partial charge < -0.3 is 4.74 Å². The summed E-state index contributed by atoms with van der Waals surface area (Å²) in [6.07, 6.45) is 0. The summed E-state index contributed by atoms with van der Waals surface area (Å²) < 4.78 is 31.6.